The molecule has 3 nitrogen and oxygen atoms in total. The van der Waals surface area contributed by atoms with Gasteiger partial charge in [0.05, 0.1) is 25.3 Å². The minimum absolute atomic E-state index is 0.0169. The number of hydrogen-bond acceptors (Lipinski definition) is 3. The SMILES string of the molecule is COC1=CC=C(OC)C(C(c2ccc(C(C)C)cc2C(C)C)C(N)C(C)C)(P(C2CCCCC2)C2CCCCC2)C1c1ccccc1. The monoisotopic (exact) mass is 657 g/mol. The lowest BCUT2D eigenvalue weighted by Crippen LogP contribution is -2.56. The summed E-state index contributed by atoms with van der Waals surface area (Å²) in [6.45, 7) is 14.1. The fourth-order valence-corrected chi connectivity index (χ4v) is 14.8. The third-order valence-electron chi connectivity index (χ3n) is 11.8. The molecule has 4 unspecified atom stereocenters. The number of ether oxygens (including phenoxy) is 2. The van der Waals surface area contributed by atoms with Crippen molar-refractivity contribution in [3.8, 4) is 0 Å². The van der Waals surface area contributed by atoms with Gasteiger partial charge in [-0.2, -0.15) is 0 Å². The van der Waals surface area contributed by atoms with Crippen LogP contribution in [-0.4, -0.2) is 36.7 Å². The van der Waals surface area contributed by atoms with Crippen LogP contribution in [0.3, 0.4) is 0 Å². The second kappa shape index (κ2) is 16.1. The van der Waals surface area contributed by atoms with E-state index in [0.717, 1.165) is 11.5 Å². The maximum absolute atomic E-state index is 7.78. The molecule has 2 aromatic carbocycles. The summed E-state index contributed by atoms with van der Waals surface area (Å²) < 4.78 is 13.3. The Labute approximate surface area is 288 Å². The summed E-state index contributed by atoms with van der Waals surface area (Å²) in [5.74, 6) is 3.42. The van der Waals surface area contributed by atoms with Gasteiger partial charge in [-0.15, -0.1) is 0 Å². The molecule has 2 fully saturated rings. The van der Waals surface area contributed by atoms with E-state index in [0.29, 0.717) is 29.1 Å². The van der Waals surface area contributed by atoms with Crippen molar-refractivity contribution in [1.29, 1.82) is 0 Å². The zero-order valence-electron chi connectivity index (χ0n) is 30.8. The van der Waals surface area contributed by atoms with E-state index in [1.807, 2.05) is 14.2 Å². The van der Waals surface area contributed by atoms with E-state index in [4.69, 9.17) is 15.2 Å². The first-order valence-electron chi connectivity index (χ1n) is 18.9. The van der Waals surface area contributed by atoms with E-state index < -0.39 is 7.92 Å². The molecule has 2 saturated carbocycles. The summed E-state index contributed by atoms with van der Waals surface area (Å²) >= 11 is 0. The highest BCUT2D eigenvalue weighted by Crippen LogP contribution is 2.76. The lowest BCUT2D eigenvalue weighted by Gasteiger charge is -2.60. The Balaban J connectivity index is 1.95. The molecule has 0 saturated heterocycles. The average Bonchev–Trinajstić information content (AvgIpc) is 3.09. The second-order valence-corrected chi connectivity index (χ2v) is 18.7. The summed E-state index contributed by atoms with van der Waals surface area (Å²) in [6.07, 6.45) is 17.9. The van der Waals surface area contributed by atoms with E-state index in [9.17, 15) is 0 Å². The lowest BCUT2D eigenvalue weighted by atomic mass is 9.64. The average molecular weight is 658 g/mol. The predicted molar refractivity (Wildman–Crippen MR) is 203 cm³/mol. The Hall–Kier alpha value is -2.09. The molecule has 4 heteroatoms. The van der Waals surface area contributed by atoms with Crippen LogP contribution in [0.1, 0.15) is 152 Å². The number of rotatable bonds is 12. The first-order chi connectivity index (χ1) is 22.7. The van der Waals surface area contributed by atoms with Gasteiger partial charge in [-0.05, 0) is 89.2 Å². The largest absolute Gasteiger partial charge is 0.500 e. The zero-order valence-corrected chi connectivity index (χ0v) is 31.7. The van der Waals surface area contributed by atoms with Gasteiger partial charge in [0.25, 0.3) is 0 Å². The fraction of sp³-hybridized carbons (Fsp3) is 0.628. The zero-order chi connectivity index (χ0) is 33.7. The molecular formula is C43H64NO2P. The van der Waals surface area contributed by atoms with Crippen LogP contribution in [0, 0.1) is 5.92 Å². The summed E-state index contributed by atoms with van der Waals surface area (Å²) in [5, 5.41) is -0.359. The van der Waals surface area contributed by atoms with Crippen molar-refractivity contribution < 1.29 is 9.47 Å². The first-order valence-corrected chi connectivity index (χ1v) is 20.4. The van der Waals surface area contributed by atoms with Crippen LogP contribution >= 0.6 is 7.92 Å². The van der Waals surface area contributed by atoms with Crippen molar-refractivity contribution in [2.24, 2.45) is 11.7 Å². The maximum atomic E-state index is 7.78. The van der Waals surface area contributed by atoms with Crippen LogP contribution in [0.2, 0.25) is 0 Å². The Morgan fingerprint density at radius 2 is 1.30 bits per heavy atom. The third-order valence-corrected chi connectivity index (χ3v) is 16.1. The molecule has 0 spiro atoms. The summed E-state index contributed by atoms with van der Waals surface area (Å²) in [4.78, 5) is 0. The van der Waals surface area contributed by atoms with Crippen molar-refractivity contribution in [1.82, 2.24) is 0 Å². The van der Waals surface area contributed by atoms with Crippen LogP contribution in [0.25, 0.3) is 0 Å². The Bertz CT molecular complexity index is 1330. The summed E-state index contributed by atoms with van der Waals surface area (Å²) in [6, 6.07) is 18.7. The summed E-state index contributed by atoms with van der Waals surface area (Å²) in [5.41, 5.74) is 14.8. The molecule has 2 N–H and O–H groups in total. The van der Waals surface area contributed by atoms with Gasteiger partial charge in [0.2, 0.25) is 0 Å². The van der Waals surface area contributed by atoms with Crippen molar-refractivity contribution in [2.45, 2.75) is 152 Å². The number of allylic oxidation sites excluding steroid dienone is 4. The quantitative estimate of drug-likeness (QED) is 0.231. The Morgan fingerprint density at radius 1 is 0.702 bits per heavy atom. The third kappa shape index (κ3) is 7.14. The van der Waals surface area contributed by atoms with E-state index in [2.05, 4.69) is 102 Å². The smallest absolute Gasteiger partial charge is 0.108 e. The van der Waals surface area contributed by atoms with Crippen LogP contribution in [0.4, 0.5) is 0 Å². The van der Waals surface area contributed by atoms with Gasteiger partial charge >= 0.3 is 0 Å². The molecule has 0 radical (unpaired) electrons. The molecule has 3 aliphatic rings. The number of nitrogens with two attached hydrogens (primary N) is 1. The van der Waals surface area contributed by atoms with Gasteiger partial charge in [0.1, 0.15) is 11.5 Å². The molecule has 4 atom stereocenters. The van der Waals surface area contributed by atoms with Crippen molar-refractivity contribution >= 4 is 7.92 Å². The molecular weight excluding hydrogens is 593 g/mol. The van der Waals surface area contributed by atoms with Gasteiger partial charge in [-0.25, -0.2) is 0 Å². The van der Waals surface area contributed by atoms with Crippen molar-refractivity contribution in [2.75, 3.05) is 14.2 Å². The Morgan fingerprint density at radius 3 is 1.79 bits per heavy atom. The Kier molecular flexibility index (Phi) is 12.4. The topological polar surface area (TPSA) is 44.5 Å². The molecule has 47 heavy (non-hydrogen) atoms. The first kappa shape index (κ1) is 36.2. The van der Waals surface area contributed by atoms with E-state index in [1.165, 1.54) is 86.5 Å². The molecule has 0 heterocycles. The van der Waals surface area contributed by atoms with E-state index in [-0.39, 0.29) is 23.0 Å². The number of methoxy groups -OCH3 is 2. The molecule has 258 valence electrons. The lowest BCUT2D eigenvalue weighted by molar-refractivity contribution is 0.173. The van der Waals surface area contributed by atoms with Gasteiger partial charge in [-0.3, -0.25) is 0 Å². The number of benzene rings is 2. The van der Waals surface area contributed by atoms with E-state index >= 15 is 0 Å². The molecule has 0 aromatic heterocycles. The maximum Gasteiger partial charge on any atom is 0.108 e. The van der Waals surface area contributed by atoms with Gasteiger partial charge in [-0.1, -0.05) is 137 Å². The summed E-state index contributed by atoms with van der Waals surface area (Å²) in [7, 11) is 3.22. The molecule has 0 bridgehead atoms. The van der Waals surface area contributed by atoms with Gasteiger partial charge in [0, 0.05) is 12.0 Å². The normalized spacial score (nSPS) is 24.4. The number of hydrogen-bond donors (Lipinski definition) is 1. The molecule has 3 aliphatic carbocycles. The molecule has 2 aromatic rings. The van der Waals surface area contributed by atoms with Crippen molar-refractivity contribution in [3.63, 3.8) is 0 Å². The molecule has 0 amide bonds. The highest BCUT2D eigenvalue weighted by Gasteiger charge is 2.62. The van der Waals surface area contributed by atoms with Crippen molar-refractivity contribution in [3.05, 3.63) is 94.5 Å². The van der Waals surface area contributed by atoms with Crippen LogP contribution in [0.5, 0.6) is 0 Å². The van der Waals surface area contributed by atoms with Gasteiger partial charge < -0.3 is 15.2 Å². The van der Waals surface area contributed by atoms with Gasteiger partial charge in [0.15, 0.2) is 0 Å². The van der Waals surface area contributed by atoms with Crippen LogP contribution in [0.15, 0.2) is 72.2 Å². The van der Waals surface area contributed by atoms with Crippen LogP contribution in [-0.2, 0) is 9.47 Å². The predicted octanol–water partition coefficient (Wildman–Crippen LogP) is 11.7. The van der Waals surface area contributed by atoms with E-state index in [1.54, 1.807) is 0 Å². The van der Waals surface area contributed by atoms with Crippen LogP contribution < -0.4 is 5.73 Å². The minimum atomic E-state index is -0.606. The molecule has 5 rings (SSSR count). The highest BCUT2D eigenvalue weighted by atomic mass is 31.1. The standard InChI is InChI=1S/C43H64NO2P/c1-29(2)33-24-25-36(37(28-33)30(3)4)41(42(44)31(5)6)43(47(34-20-14-10-15-21-34)35-22-16-11-17-23-35)39(46-8)27-26-38(45-7)40(43)32-18-12-9-13-19-32/h9,12-13,18-19,24-31,34-35,40-42H,10-11,14-17,20-23,44H2,1-8H3. The molecule has 0 aliphatic heterocycles. The second-order valence-electron chi connectivity index (χ2n) is 15.7. The minimum Gasteiger partial charge on any atom is -0.500 e. The fourth-order valence-electron chi connectivity index (χ4n) is 9.48. The highest BCUT2D eigenvalue weighted by molar-refractivity contribution is 7.61.